The number of hydrogen-bond donors (Lipinski definition) is 1. The molecule has 0 saturated carbocycles. The van der Waals surface area contributed by atoms with E-state index in [1.165, 1.54) is 4.90 Å². The van der Waals surface area contributed by atoms with Crippen molar-refractivity contribution in [2.45, 2.75) is 25.8 Å². The van der Waals surface area contributed by atoms with Crippen LogP contribution in [0.25, 0.3) is 11.5 Å². The molecular weight excluding hydrogens is 508 g/mol. The third-order valence-corrected chi connectivity index (χ3v) is 6.59. The van der Waals surface area contributed by atoms with Crippen LogP contribution in [0.5, 0.6) is 11.5 Å². The molecule has 0 radical (unpaired) electrons. The van der Waals surface area contributed by atoms with E-state index in [-0.39, 0.29) is 13.0 Å². The van der Waals surface area contributed by atoms with Crippen molar-refractivity contribution in [3.63, 3.8) is 0 Å². The van der Waals surface area contributed by atoms with Gasteiger partial charge in [-0.25, -0.2) is 9.78 Å². The van der Waals surface area contributed by atoms with Crippen LogP contribution in [0.15, 0.2) is 89.3 Å². The minimum absolute atomic E-state index is 0.0466. The molecule has 40 heavy (non-hydrogen) atoms. The van der Waals surface area contributed by atoms with Gasteiger partial charge < -0.3 is 19.0 Å². The Morgan fingerprint density at radius 2 is 1.70 bits per heavy atom. The van der Waals surface area contributed by atoms with Crippen LogP contribution >= 0.6 is 0 Å². The van der Waals surface area contributed by atoms with Crippen molar-refractivity contribution >= 4 is 12.1 Å². The highest BCUT2D eigenvalue weighted by molar-refractivity contribution is 5.76. The van der Waals surface area contributed by atoms with Gasteiger partial charge in [0.25, 0.3) is 0 Å². The van der Waals surface area contributed by atoms with E-state index in [0.29, 0.717) is 30.4 Å². The lowest BCUT2D eigenvalue weighted by molar-refractivity contribution is -0.141. The van der Waals surface area contributed by atoms with Crippen molar-refractivity contribution in [2.24, 2.45) is 5.92 Å². The molecular formula is C32H28N2O6. The fraction of sp³-hybridized carbons (Fsp3) is 0.219. The van der Waals surface area contributed by atoms with Gasteiger partial charge >= 0.3 is 12.1 Å². The molecule has 1 aromatic heterocycles. The highest BCUT2D eigenvalue weighted by Gasteiger charge is 2.39. The van der Waals surface area contributed by atoms with Gasteiger partial charge in [-0.1, -0.05) is 48.2 Å². The molecule has 1 fully saturated rings. The predicted octanol–water partition coefficient (Wildman–Crippen LogP) is 5.60. The Kier molecular flexibility index (Phi) is 8.12. The van der Waals surface area contributed by atoms with E-state index in [2.05, 4.69) is 16.8 Å². The van der Waals surface area contributed by atoms with Crippen LogP contribution in [0.2, 0.25) is 0 Å². The van der Waals surface area contributed by atoms with Gasteiger partial charge in [0.15, 0.2) is 0 Å². The number of hydrogen-bond acceptors (Lipinski definition) is 6. The summed E-state index contributed by atoms with van der Waals surface area (Å²) >= 11 is 0. The monoisotopic (exact) mass is 536 g/mol. The molecule has 2 atom stereocenters. The summed E-state index contributed by atoms with van der Waals surface area (Å²) < 4.78 is 17.1. The topological polar surface area (TPSA) is 102 Å². The van der Waals surface area contributed by atoms with Crippen LogP contribution in [0.4, 0.5) is 4.79 Å². The second kappa shape index (κ2) is 12.2. The highest BCUT2D eigenvalue weighted by atomic mass is 16.6. The van der Waals surface area contributed by atoms with E-state index in [0.717, 1.165) is 22.6 Å². The first-order valence-electron chi connectivity index (χ1n) is 13.0. The van der Waals surface area contributed by atoms with Gasteiger partial charge in [0, 0.05) is 24.1 Å². The number of ether oxygens (including phenoxy) is 2. The Labute approximate surface area is 232 Å². The van der Waals surface area contributed by atoms with Gasteiger partial charge in [-0.3, -0.25) is 9.69 Å². The molecule has 8 heteroatoms. The fourth-order valence-electron chi connectivity index (χ4n) is 4.43. The lowest BCUT2D eigenvalue weighted by Crippen LogP contribution is -2.37. The number of aromatic nitrogens is 1. The van der Waals surface area contributed by atoms with Gasteiger partial charge in [0.05, 0.1) is 24.3 Å². The maximum atomic E-state index is 12.8. The standard InChI is InChI=1S/C32H28N2O6/c1-22-29(33-30(39-22)24-8-4-2-5-9-24)18-19-38-27-16-13-23(14-17-27)12-15-26-20-25(31(35)36)21-34(26)32(37)40-28-10-6-3-7-11-28/h2-11,13-14,16-17,25-26H,18-21H2,1H3,(H,35,36)/t25-,26-/m1/s1. The molecule has 2 heterocycles. The number of amides is 1. The number of oxazole rings is 1. The van der Waals surface area contributed by atoms with E-state index >= 15 is 0 Å². The number of carboxylic acids is 1. The van der Waals surface area contributed by atoms with Crippen molar-refractivity contribution in [1.82, 2.24) is 9.88 Å². The maximum absolute atomic E-state index is 12.8. The molecule has 0 unspecified atom stereocenters. The van der Waals surface area contributed by atoms with Crippen molar-refractivity contribution in [3.8, 4) is 34.8 Å². The minimum atomic E-state index is -0.958. The quantitative estimate of drug-likeness (QED) is 0.307. The molecule has 0 bridgehead atoms. The molecule has 1 N–H and O–H groups in total. The third-order valence-electron chi connectivity index (χ3n) is 6.59. The van der Waals surface area contributed by atoms with Crippen molar-refractivity contribution in [1.29, 1.82) is 0 Å². The average Bonchev–Trinajstić information content (AvgIpc) is 3.58. The molecule has 0 aliphatic carbocycles. The van der Waals surface area contributed by atoms with Crippen LogP contribution in [0.1, 0.15) is 23.4 Å². The zero-order valence-corrected chi connectivity index (χ0v) is 21.9. The van der Waals surface area contributed by atoms with Crippen molar-refractivity contribution in [3.05, 3.63) is 102 Å². The molecule has 1 aliphatic rings. The van der Waals surface area contributed by atoms with E-state index in [9.17, 15) is 14.7 Å². The summed E-state index contributed by atoms with van der Waals surface area (Å²) in [7, 11) is 0. The Hall–Kier alpha value is -5.03. The van der Waals surface area contributed by atoms with E-state index in [4.69, 9.17) is 13.9 Å². The molecule has 0 spiro atoms. The van der Waals surface area contributed by atoms with E-state index in [1.807, 2.05) is 67.6 Å². The van der Waals surface area contributed by atoms with Gasteiger partial charge in [-0.2, -0.15) is 0 Å². The highest BCUT2D eigenvalue weighted by Crippen LogP contribution is 2.25. The first kappa shape index (κ1) is 26.6. The fourth-order valence-corrected chi connectivity index (χ4v) is 4.43. The molecule has 4 aromatic rings. The Morgan fingerprint density at radius 1 is 1.00 bits per heavy atom. The number of likely N-dealkylation sites (tertiary alicyclic amines) is 1. The predicted molar refractivity (Wildman–Crippen MR) is 148 cm³/mol. The Morgan fingerprint density at radius 3 is 2.40 bits per heavy atom. The number of benzene rings is 3. The summed E-state index contributed by atoms with van der Waals surface area (Å²) in [6, 6.07) is 25.2. The van der Waals surface area contributed by atoms with E-state index in [1.54, 1.807) is 24.3 Å². The zero-order chi connectivity index (χ0) is 27.9. The second-order valence-corrected chi connectivity index (χ2v) is 9.40. The van der Waals surface area contributed by atoms with Crippen LogP contribution in [0.3, 0.4) is 0 Å². The summed E-state index contributed by atoms with van der Waals surface area (Å²) in [5.41, 5.74) is 2.51. The van der Waals surface area contributed by atoms with Crippen LogP contribution in [-0.2, 0) is 11.2 Å². The Bertz CT molecular complexity index is 1520. The van der Waals surface area contributed by atoms with Gasteiger partial charge in [0.1, 0.15) is 17.3 Å². The maximum Gasteiger partial charge on any atom is 0.416 e. The molecule has 202 valence electrons. The lowest BCUT2D eigenvalue weighted by atomic mass is 10.1. The van der Waals surface area contributed by atoms with Gasteiger partial charge in [0.2, 0.25) is 5.89 Å². The third kappa shape index (κ3) is 6.51. The summed E-state index contributed by atoms with van der Waals surface area (Å²) in [4.78, 5) is 30.3. The van der Waals surface area contributed by atoms with Crippen molar-refractivity contribution < 1.29 is 28.6 Å². The summed E-state index contributed by atoms with van der Waals surface area (Å²) in [6.45, 7) is 2.38. The summed E-state index contributed by atoms with van der Waals surface area (Å²) in [6.07, 6.45) is 0.225. The molecule has 5 rings (SSSR count). The number of rotatable bonds is 7. The van der Waals surface area contributed by atoms with Crippen LogP contribution in [0, 0.1) is 24.7 Å². The smallest absolute Gasteiger partial charge is 0.416 e. The normalized spacial score (nSPS) is 16.2. The number of carbonyl (C=O) groups is 2. The first-order chi connectivity index (χ1) is 19.5. The summed E-state index contributed by atoms with van der Waals surface area (Å²) in [5.74, 6) is 6.91. The molecule has 1 amide bonds. The zero-order valence-electron chi connectivity index (χ0n) is 21.9. The number of para-hydroxylation sites is 1. The second-order valence-electron chi connectivity index (χ2n) is 9.40. The van der Waals surface area contributed by atoms with E-state index < -0.39 is 24.0 Å². The number of carbonyl (C=O) groups excluding carboxylic acids is 1. The average molecular weight is 537 g/mol. The van der Waals surface area contributed by atoms with Crippen LogP contribution in [-0.4, -0.2) is 46.2 Å². The van der Waals surface area contributed by atoms with Gasteiger partial charge in [-0.05, 0) is 61.9 Å². The number of nitrogens with zero attached hydrogens (tertiary/aromatic N) is 2. The SMILES string of the molecule is Cc1oc(-c2ccccc2)nc1CCOc1ccc(C#C[C@@H]2C[C@@H](C(=O)O)CN2C(=O)Oc2ccccc2)cc1. The number of carboxylic acid groups (broad SMARTS) is 1. The number of aliphatic carboxylic acids is 1. The summed E-state index contributed by atoms with van der Waals surface area (Å²) in [5, 5.41) is 9.50. The number of aryl methyl sites for hydroxylation is 1. The van der Waals surface area contributed by atoms with Gasteiger partial charge in [-0.15, -0.1) is 0 Å². The molecule has 1 saturated heterocycles. The largest absolute Gasteiger partial charge is 0.493 e. The first-order valence-corrected chi connectivity index (χ1v) is 13.0. The minimum Gasteiger partial charge on any atom is -0.493 e. The van der Waals surface area contributed by atoms with Crippen LogP contribution < -0.4 is 9.47 Å². The molecule has 8 nitrogen and oxygen atoms in total. The molecule has 3 aromatic carbocycles. The lowest BCUT2D eigenvalue weighted by Gasteiger charge is -2.19. The van der Waals surface area contributed by atoms with Crippen molar-refractivity contribution in [2.75, 3.05) is 13.2 Å². The molecule has 1 aliphatic heterocycles. The Balaban J connectivity index is 1.18.